The van der Waals surface area contributed by atoms with Gasteiger partial charge in [0.05, 0.1) is 32.6 Å². The number of carbonyl (C=O) groups excluding carboxylic acids is 1. The second kappa shape index (κ2) is 10.5. The second-order valence-electron chi connectivity index (χ2n) is 8.40. The van der Waals surface area contributed by atoms with Crippen molar-refractivity contribution >= 4 is 21.6 Å². The molecule has 9 heteroatoms. The van der Waals surface area contributed by atoms with Crippen LogP contribution in [-0.2, 0) is 21.2 Å². The van der Waals surface area contributed by atoms with Gasteiger partial charge in [-0.1, -0.05) is 18.2 Å². The summed E-state index contributed by atoms with van der Waals surface area (Å²) in [4.78, 5) is 14.3. The van der Waals surface area contributed by atoms with Gasteiger partial charge in [0.2, 0.25) is 0 Å². The van der Waals surface area contributed by atoms with Crippen molar-refractivity contribution in [3.8, 4) is 5.75 Å². The summed E-state index contributed by atoms with van der Waals surface area (Å²) in [7, 11) is -2.46. The summed E-state index contributed by atoms with van der Waals surface area (Å²) >= 11 is 0. The summed E-state index contributed by atoms with van der Waals surface area (Å²) in [5.74, 6) is -0.0596. The number of sulfonamides is 1. The number of benzene rings is 2. The summed E-state index contributed by atoms with van der Waals surface area (Å²) in [5.41, 5.74) is 1.99. The molecule has 0 aromatic heterocycles. The molecule has 178 valence electrons. The van der Waals surface area contributed by atoms with Gasteiger partial charge in [0, 0.05) is 25.1 Å². The maximum Gasteiger partial charge on any atom is 0.268 e. The first kappa shape index (κ1) is 23.5. The van der Waals surface area contributed by atoms with Gasteiger partial charge in [0.1, 0.15) is 23.7 Å². The molecule has 0 unspecified atom stereocenters. The van der Waals surface area contributed by atoms with Crippen LogP contribution in [0.3, 0.4) is 0 Å². The van der Waals surface area contributed by atoms with Gasteiger partial charge in [-0.3, -0.25) is 9.10 Å². The maximum atomic E-state index is 13.6. The predicted molar refractivity (Wildman–Crippen MR) is 126 cm³/mol. The lowest BCUT2D eigenvalue weighted by Crippen LogP contribution is -3.14. The van der Waals surface area contributed by atoms with E-state index in [1.165, 1.54) is 22.4 Å². The van der Waals surface area contributed by atoms with Gasteiger partial charge in [-0.05, 0) is 42.7 Å². The SMILES string of the molecule is COc1ccc(C(=O)NCCC[NH+]2CCOCC2)cc1S(=O)(=O)N1CCCc2ccccc21. The van der Waals surface area contributed by atoms with E-state index in [-0.39, 0.29) is 16.6 Å². The zero-order valence-corrected chi connectivity index (χ0v) is 19.8. The molecule has 2 aromatic rings. The normalized spacial score (nSPS) is 16.8. The smallest absolute Gasteiger partial charge is 0.268 e. The van der Waals surface area contributed by atoms with Gasteiger partial charge in [0.15, 0.2) is 0 Å². The molecule has 4 rings (SSSR count). The number of ether oxygens (including phenoxy) is 2. The molecule has 2 aromatic carbocycles. The minimum atomic E-state index is -3.90. The Bertz CT molecular complexity index is 1080. The van der Waals surface area contributed by atoms with E-state index in [4.69, 9.17) is 9.47 Å². The lowest BCUT2D eigenvalue weighted by Gasteiger charge is -2.31. The van der Waals surface area contributed by atoms with Crippen LogP contribution < -0.4 is 19.3 Å². The predicted octanol–water partition coefficient (Wildman–Crippen LogP) is 0.872. The Morgan fingerprint density at radius 1 is 1.18 bits per heavy atom. The number of fused-ring (bicyclic) bond motifs is 1. The minimum absolute atomic E-state index is 0.00659. The first-order valence-corrected chi connectivity index (χ1v) is 12.9. The van der Waals surface area contributed by atoms with Crippen LogP contribution in [0.15, 0.2) is 47.4 Å². The Labute approximate surface area is 195 Å². The van der Waals surface area contributed by atoms with Crippen LogP contribution in [-0.4, -0.2) is 67.4 Å². The molecule has 1 saturated heterocycles. The highest BCUT2D eigenvalue weighted by Crippen LogP contribution is 2.35. The second-order valence-corrected chi connectivity index (χ2v) is 10.2. The van der Waals surface area contributed by atoms with Gasteiger partial charge in [-0.15, -0.1) is 0 Å². The van der Waals surface area contributed by atoms with E-state index in [1.807, 2.05) is 24.3 Å². The van der Waals surface area contributed by atoms with Crippen molar-refractivity contribution in [2.75, 3.05) is 57.4 Å². The fourth-order valence-electron chi connectivity index (χ4n) is 4.44. The molecule has 0 aliphatic carbocycles. The molecule has 8 nitrogen and oxygen atoms in total. The molecule has 33 heavy (non-hydrogen) atoms. The number of quaternary nitrogens is 1. The fourth-order valence-corrected chi connectivity index (χ4v) is 6.16. The first-order valence-electron chi connectivity index (χ1n) is 11.5. The van der Waals surface area contributed by atoms with Crippen LogP contribution in [0.1, 0.15) is 28.8 Å². The molecular weight excluding hydrogens is 442 g/mol. The third kappa shape index (κ3) is 5.31. The Hall–Kier alpha value is -2.62. The summed E-state index contributed by atoms with van der Waals surface area (Å²) in [6, 6.07) is 12.1. The third-order valence-corrected chi connectivity index (χ3v) is 8.09. The average Bonchev–Trinajstić information content (AvgIpc) is 2.86. The largest absolute Gasteiger partial charge is 0.495 e. The van der Waals surface area contributed by atoms with E-state index in [0.717, 1.165) is 57.7 Å². The highest BCUT2D eigenvalue weighted by atomic mass is 32.2. The molecule has 1 fully saturated rings. The molecule has 1 amide bonds. The quantitative estimate of drug-likeness (QED) is 0.555. The monoisotopic (exact) mass is 474 g/mol. The van der Waals surface area contributed by atoms with Gasteiger partial charge in [-0.2, -0.15) is 0 Å². The van der Waals surface area contributed by atoms with Gasteiger partial charge in [0.25, 0.3) is 15.9 Å². The fraction of sp³-hybridized carbons (Fsp3) is 0.458. The first-order chi connectivity index (χ1) is 16.0. The molecule has 2 N–H and O–H groups in total. The molecule has 0 atom stereocenters. The van der Waals surface area contributed by atoms with Crippen LogP contribution in [0.25, 0.3) is 0 Å². The Morgan fingerprint density at radius 2 is 1.97 bits per heavy atom. The van der Waals surface area contributed by atoms with Crippen LogP contribution in [0.4, 0.5) is 5.69 Å². The zero-order valence-electron chi connectivity index (χ0n) is 19.0. The van der Waals surface area contributed by atoms with E-state index in [0.29, 0.717) is 24.3 Å². The summed E-state index contributed by atoms with van der Waals surface area (Å²) < 4.78 is 39.4. The van der Waals surface area contributed by atoms with Crippen molar-refractivity contribution in [3.63, 3.8) is 0 Å². The third-order valence-electron chi connectivity index (χ3n) is 6.25. The highest BCUT2D eigenvalue weighted by molar-refractivity contribution is 7.93. The topological polar surface area (TPSA) is 89.4 Å². The number of para-hydroxylation sites is 1. The maximum absolute atomic E-state index is 13.6. The van der Waals surface area contributed by atoms with Crippen LogP contribution in [0, 0.1) is 0 Å². The van der Waals surface area contributed by atoms with Crippen molar-refractivity contribution in [2.24, 2.45) is 0 Å². The number of amides is 1. The number of nitrogens with one attached hydrogen (secondary N) is 2. The van der Waals surface area contributed by atoms with E-state index in [1.54, 1.807) is 12.1 Å². The standard InChI is InChI=1S/C24H31N3O5S/c1-31-22-10-9-20(24(28)25-11-5-12-26-14-16-32-17-15-26)18-23(22)33(29,30)27-13-4-7-19-6-2-3-8-21(19)27/h2-3,6,8-10,18H,4-5,7,11-17H2,1H3,(H,25,28)/p+1. The lowest BCUT2D eigenvalue weighted by molar-refractivity contribution is -0.908. The zero-order chi connectivity index (χ0) is 23.3. The van der Waals surface area contributed by atoms with Crippen molar-refractivity contribution in [3.05, 3.63) is 53.6 Å². The van der Waals surface area contributed by atoms with Crippen molar-refractivity contribution in [2.45, 2.75) is 24.2 Å². The van der Waals surface area contributed by atoms with E-state index >= 15 is 0 Å². The molecule has 2 heterocycles. The van der Waals surface area contributed by atoms with E-state index in [2.05, 4.69) is 5.32 Å². The highest BCUT2D eigenvalue weighted by Gasteiger charge is 2.32. The van der Waals surface area contributed by atoms with Gasteiger partial charge in [-0.25, -0.2) is 8.42 Å². The molecule has 0 radical (unpaired) electrons. The molecule has 2 aliphatic heterocycles. The number of rotatable bonds is 8. The minimum Gasteiger partial charge on any atom is -0.495 e. The Balaban J connectivity index is 1.49. The number of hydrogen-bond donors (Lipinski definition) is 2. The van der Waals surface area contributed by atoms with E-state index < -0.39 is 10.0 Å². The number of carbonyl (C=O) groups is 1. The summed E-state index contributed by atoms with van der Waals surface area (Å²) in [6.07, 6.45) is 2.44. The molecule has 0 saturated carbocycles. The van der Waals surface area contributed by atoms with Crippen molar-refractivity contribution < 1.29 is 27.6 Å². The number of morpholine rings is 1. The molecular formula is C24H32N3O5S+. The van der Waals surface area contributed by atoms with Crippen LogP contribution >= 0.6 is 0 Å². The summed E-state index contributed by atoms with van der Waals surface area (Å²) in [6.45, 7) is 5.46. The average molecular weight is 475 g/mol. The molecule has 0 bridgehead atoms. The lowest BCUT2D eigenvalue weighted by atomic mass is 10.0. The number of methoxy groups -OCH3 is 1. The van der Waals surface area contributed by atoms with Gasteiger partial charge < -0.3 is 19.7 Å². The van der Waals surface area contributed by atoms with Crippen molar-refractivity contribution in [1.29, 1.82) is 0 Å². The number of nitrogens with zero attached hydrogens (tertiary/aromatic N) is 1. The van der Waals surface area contributed by atoms with Crippen molar-refractivity contribution in [1.82, 2.24) is 5.32 Å². The van der Waals surface area contributed by atoms with Crippen LogP contribution in [0.5, 0.6) is 5.75 Å². The van der Waals surface area contributed by atoms with Crippen LogP contribution in [0.2, 0.25) is 0 Å². The van der Waals surface area contributed by atoms with E-state index in [9.17, 15) is 13.2 Å². The molecule has 0 spiro atoms. The summed E-state index contributed by atoms with van der Waals surface area (Å²) in [5, 5.41) is 2.92. The molecule has 2 aliphatic rings. The number of anilines is 1. The number of aryl methyl sites for hydroxylation is 1. The van der Waals surface area contributed by atoms with Gasteiger partial charge >= 0.3 is 0 Å². The number of hydrogen-bond acceptors (Lipinski definition) is 5. The Morgan fingerprint density at radius 3 is 2.76 bits per heavy atom. The Kier molecular flexibility index (Phi) is 7.52.